The van der Waals surface area contributed by atoms with E-state index >= 15 is 0 Å². The van der Waals surface area contributed by atoms with E-state index < -0.39 is 17.7 Å². The van der Waals surface area contributed by atoms with E-state index in [0.717, 1.165) is 10.8 Å². The zero-order valence-electron chi connectivity index (χ0n) is 14.5. The van der Waals surface area contributed by atoms with Gasteiger partial charge in [-0.05, 0) is 38.1 Å². The first-order chi connectivity index (χ1) is 11.8. The van der Waals surface area contributed by atoms with E-state index in [9.17, 15) is 9.59 Å². The Hall–Kier alpha value is -3.07. The third-order valence-electron chi connectivity index (χ3n) is 3.25. The minimum Gasteiger partial charge on any atom is -0.444 e. The van der Waals surface area contributed by atoms with Crippen LogP contribution < -0.4 is 10.6 Å². The van der Waals surface area contributed by atoms with Gasteiger partial charge in [-0.2, -0.15) is 0 Å². The van der Waals surface area contributed by atoms with Crippen LogP contribution in [-0.4, -0.2) is 35.6 Å². The summed E-state index contributed by atoms with van der Waals surface area (Å²) in [7, 11) is 0. The number of nitrogens with zero attached hydrogens (tertiary/aromatic N) is 1. The summed E-state index contributed by atoms with van der Waals surface area (Å²) in [5, 5.41) is 7.35. The van der Waals surface area contributed by atoms with E-state index in [1.165, 1.54) is 0 Å². The Balaban J connectivity index is 2.06. The van der Waals surface area contributed by atoms with Crippen LogP contribution in [-0.2, 0) is 9.53 Å². The first-order valence-corrected chi connectivity index (χ1v) is 7.87. The SMILES string of the molecule is C#Cc1nc(NCC(C=O)NC(=O)OC(C)(C)C)cc2ccccc12. The van der Waals surface area contributed by atoms with E-state index in [2.05, 4.69) is 21.5 Å². The van der Waals surface area contributed by atoms with Crippen LogP contribution >= 0.6 is 0 Å². The first-order valence-electron chi connectivity index (χ1n) is 7.87. The summed E-state index contributed by atoms with van der Waals surface area (Å²) < 4.78 is 5.14. The normalized spacial score (nSPS) is 12.1. The van der Waals surface area contributed by atoms with Gasteiger partial charge in [0.2, 0.25) is 0 Å². The van der Waals surface area contributed by atoms with Crippen molar-refractivity contribution in [3.63, 3.8) is 0 Å². The molecule has 25 heavy (non-hydrogen) atoms. The average Bonchev–Trinajstić information content (AvgIpc) is 2.56. The zero-order chi connectivity index (χ0) is 18.4. The molecule has 1 heterocycles. The van der Waals surface area contributed by atoms with Crippen molar-refractivity contribution >= 4 is 29.0 Å². The van der Waals surface area contributed by atoms with Crippen LogP contribution in [0.25, 0.3) is 10.8 Å². The third-order valence-corrected chi connectivity index (χ3v) is 3.25. The van der Waals surface area contributed by atoms with Crippen molar-refractivity contribution < 1.29 is 14.3 Å². The Labute approximate surface area is 147 Å². The third kappa shape index (κ3) is 5.21. The second kappa shape index (κ2) is 7.67. The molecule has 130 valence electrons. The number of nitrogens with one attached hydrogen (secondary N) is 2. The number of benzene rings is 1. The average molecular weight is 339 g/mol. The van der Waals surface area contributed by atoms with Crippen LogP contribution in [0, 0.1) is 12.3 Å². The number of terminal acetylenes is 1. The molecule has 1 aromatic carbocycles. The highest BCUT2D eigenvalue weighted by Gasteiger charge is 2.19. The number of rotatable bonds is 5. The lowest BCUT2D eigenvalue weighted by Gasteiger charge is -2.21. The number of aldehydes is 1. The molecule has 1 unspecified atom stereocenters. The smallest absolute Gasteiger partial charge is 0.408 e. The molecule has 0 aliphatic rings. The number of hydrogen-bond acceptors (Lipinski definition) is 5. The summed E-state index contributed by atoms with van der Waals surface area (Å²) in [6, 6.07) is 8.72. The van der Waals surface area contributed by atoms with Crippen molar-refractivity contribution in [2.45, 2.75) is 32.4 Å². The summed E-state index contributed by atoms with van der Waals surface area (Å²) >= 11 is 0. The molecule has 2 aromatic rings. The number of aromatic nitrogens is 1. The molecule has 0 spiro atoms. The number of hydrogen-bond donors (Lipinski definition) is 2. The van der Waals surface area contributed by atoms with Gasteiger partial charge in [-0.1, -0.05) is 24.3 Å². The molecule has 6 heteroatoms. The van der Waals surface area contributed by atoms with Gasteiger partial charge in [0.05, 0.1) is 0 Å². The highest BCUT2D eigenvalue weighted by atomic mass is 16.6. The van der Waals surface area contributed by atoms with Crippen LogP contribution in [0.4, 0.5) is 10.6 Å². The van der Waals surface area contributed by atoms with Crippen molar-refractivity contribution in [3.05, 3.63) is 36.0 Å². The van der Waals surface area contributed by atoms with E-state index in [0.29, 0.717) is 17.8 Å². The molecular formula is C19H21N3O3. The number of amides is 1. The molecule has 0 bridgehead atoms. The van der Waals surface area contributed by atoms with Crippen molar-refractivity contribution in [2.24, 2.45) is 0 Å². The molecule has 0 aliphatic heterocycles. The Morgan fingerprint density at radius 3 is 2.76 bits per heavy atom. The van der Waals surface area contributed by atoms with Crippen molar-refractivity contribution in [2.75, 3.05) is 11.9 Å². The summed E-state index contributed by atoms with van der Waals surface area (Å²) in [6.07, 6.45) is 5.51. The lowest BCUT2D eigenvalue weighted by molar-refractivity contribution is -0.109. The van der Waals surface area contributed by atoms with Crippen LogP contribution in [0.15, 0.2) is 30.3 Å². The molecule has 0 radical (unpaired) electrons. The fraction of sp³-hybridized carbons (Fsp3) is 0.316. The number of fused-ring (bicyclic) bond motifs is 1. The monoisotopic (exact) mass is 339 g/mol. The molecule has 2 N–H and O–H groups in total. The molecule has 1 aromatic heterocycles. The summed E-state index contributed by atoms with van der Waals surface area (Å²) in [5.74, 6) is 3.09. The van der Waals surface area contributed by atoms with Crippen LogP contribution in [0.3, 0.4) is 0 Å². The summed E-state index contributed by atoms with van der Waals surface area (Å²) in [6.45, 7) is 5.42. The van der Waals surface area contributed by atoms with E-state index in [1.807, 2.05) is 30.3 Å². The quantitative estimate of drug-likeness (QED) is 0.647. The van der Waals surface area contributed by atoms with Gasteiger partial charge in [0.15, 0.2) is 0 Å². The summed E-state index contributed by atoms with van der Waals surface area (Å²) in [5.41, 5.74) is -0.115. The Morgan fingerprint density at radius 1 is 1.40 bits per heavy atom. The minimum atomic E-state index is -0.752. The number of ether oxygens (including phenoxy) is 1. The Morgan fingerprint density at radius 2 is 2.12 bits per heavy atom. The second-order valence-corrected chi connectivity index (χ2v) is 6.49. The van der Waals surface area contributed by atoms with Crippen LogP contribution in [0.2, 0.25) is 0 Å². The Bertz CT molecular complexity index is 819. The first kappa shape index (κ1) is 18.3. The fourth-order valence-electron chi connectivity index (χ4n) is 2.21. The van der Waals surface area contributed by atoms with Gasteiger partial charge < -0.3 is 20.2 Å². The minimum absolute atomic E-state index is 0.165. The van der Waals surface area contributed by atoms with Crippen molar-refractivity contribution in [3.8, 4) is 12.3 Å². The largest absolute Gasteiger partial charge is 0.444 e. The lowest BCUT2D eigenvalue weighted by Crippen LogP contribution is -2.43. The van der Waals surface area contributed by atoms with Gasteiger partial charge in [-0.25, -0.2) is 9.78 Å². The van der Waals surface area contributed by atoms with Gasteiger partial charge in [-0.3, -0.25) is 0 Å². The molecule has 0 aliphatic carbocycles. The van der Waals surface area contributed by atoms with Crippen molar-refractivity contribution in [1.82, 2.24) is 10.3 Å². The molecule has 0 saturated heterocycles. The van der Waals surface area contributed by atoms with Gasteiger partial charge in [0.25, 0.3) is 0 Å². The summed E-state index contributed by atoms with van der Waals surface area (Å²) in [4.78, 5) is 27.3. The molecule has 2 rings (SSSR count). The predicted octanol–water partition coefficient (Wildman–Crippen LogP) is 2.72. The number of alkyl carbamates (subject to hydrolysis) is 1. The topological polar surface area (TPSA) is 80.3 Å². The zero-order valence-corrected chi connectivity index (χ0v) is 14.5. The highest BCUT2D eigenvalue weighted by molar-refractivity contribution is 5.88. The van der Waals surface area contributed by atoms with Crippen molar-refractivity contribution in [1.29, 1.82) is 0 Å². The lowest BCUT2D eigenvalue weighted by atomic mass is 10.1. The van der Waals surface area contributed by atoms with E-state index in [4.69, 9.17) is 11.2 Å². The Kier molecular flexibility index (Phi) is 5.60. The van der Waals surface area contributed by atoms with Gasteiger partial charge in [-0.15, -0.1) is 6.42 Å². The van der Waals surface area contributed by atoms with Gasteiger partial charge in [0, 0.05) is 11.9 Å². The standard InChI is InChI=1S/C19H21N3O3/c1-5-16-15-9-7-6-8-13(15)10-17(22-16)20-11-14(12-23)21-18(24)25-19(2,3)4/h1,6-10,12,14H,11H2,2-4H3,(H,20,22)(H,21,24). The predicted molar refractivity (Wildman–Crippen MR) is 97.4 cm³/mol. The molecule has 1 atom stereocenters. The maximum Gasteiger partial charge on any atom is 0.408 e. The van der Waals surface area contributed by atoms with Gasteiger partial charge >= 0.3 is 6.09 Å². The number of carbonyl (C=O) groups is 2. The molecule has 1 amide bonds. The molecule has 6 nitrogen and oxygen atoms in total. The number of anilines is 1. The number of pyridine rings is 1. The van der Waals surface area contributed by atoms with E-state index in [1.54, 1.807) is 20.8 Å². The van der Waals surface area contributed by atoms with Crippen LogP contribution in [0.5, 0.6) is 0 Å². The fourth-order valence-corrected chi connectivity index (χ4v) is 2.21. The maximum absolute atomic E-state index is 11.8. The van der Waals surface area contributed by atoms with Crippen LogP contribution in [0.1, 0.15) is 26.5 Å². The maximum atomic E-state index is 11.8. The molecule has 0 fully saturated rings. The highest BCUT2D eigenvalue weighted by Crippen LogP contribution is 2.20. The molecule has 0 saturated carbocycles. The van der Waals surface area contributed by atoms with Gasteiger partial charge in [0.1, 0.15) is 29.4 Å². The van der Waals surface area contributed by atoms with E-state index in [-0.39, 0.29) is 6.54 Å². The molecular weight excluding hydrogens is 318 g/mol. The second-order valence-electron chi connectivity index (χ2n) is 6.49. The number of carbonyl (C=O) groups excluding carboxylic acids is 2.